The molecule has 2 aromatic carbocycles. The van der Waals surface area contributed by atoms with Crippen LogP contribution in [0.3, 0.4) is 0 Å². The largest absolute Gasteiger partial charge is 0.507 e. The van der Waals surface area contributed by atoms with Gasteiger partial charge >= 0.3 is 0 Å². The molecule has 1 N–H and O–H groups in total. The molecule has 0 bridgehead atoms. The molecule has 0 spiro atoms. The van der Waals surface area contributed by atoms with Crippen molar-refractivity contribution in [2.45, 2.75) is 52.7 Å². The number of halogens is 1. The van der Waals surface area contributed by atoms with Crippen molar-refractivity contribution in [2.75, 3.05) is 19.8 Å². The lowest BCUT2D eigenvalue weighted by atomic mass is 9.93. The van der Waals surface area contributed by atoms with E-state index in [-0.39, 0.29) is 30.6 Å². The number of aliphatic hydroxyl groups is 1. The standard InChI is InChI=1S/C27H32ClNO5/c1-6-33-22-15-20(11-12-21(22)28)25(30)23-24(19-9-7-18(8-10-19)16(2)3)29(27(32)26(23)31)13-14-34-17(4)5/h7-12,15-17,24,30H,6,13-14H2,1-5H3/b25-23-. The predicted octanol–water partition coefficient (Wildman–Crippen LogP) is 5.71. The lowest BCUT2D eigenvalue weighted by Crippen LogP contribution is -2.33. The molecule has 0 aliphatic carbocycles. The second kappa shape index (κ2) is 11.1. The van der Waals surface area contributed by atoms with Gasteiger partial charge in [0, 0.05) is 12.1 Å². The average molecular weight is 486 g/mol. The van der Waals surface area contributed by atoms with Gasteiger partial charge in [0.1, 0.15) is 11.5 Å². The van der Waals surface area contributed by atoms with Crippen molar-refractivity contribution < 1.29 is 24.2 Å². The summed E-state index contributed by atoms with van der Waals surface area (Å²) in [6.45, 7) is 10.7. The number of rotatable bonds is 9. The smallest absolute Gasteiger partial charge is 0.295 e. The summed E-state index contributed by atoms with van der Waals surface area (Å²) in [7, 11) is 0. The minimum atomic E-state index is -0.733. The molecule has 1 fully saturated rings. The van der Waals surface area contributed by atoms with E-state index in [1.165, 1.54) is 4.90 Å². The molecule has 1 aliphatic heterocycles. The Labute approximate surface area is 206 Å². The number of carbonyl (C=O) groups is 2. The van der Waals surface area contributed by atoms with Gasteiger partial charge in [-0.15, -0.1) is 0 Å². The van der Waals surface area contributed by atoms with E-state index in [1.54, 1.807) is 18.2 Å². The Bertz CT molecular complexity index is 1070. The highest BCUT2D eigenvalue weighted by Gasteiger charge is 2.46. The van der Waals surface area contributed by atoms with Gasteiger partial charge in [-0.05, 0) is 56.0 Å². The van der Waals surface area contributed by atoms with E-state index >= 15 is 0 Å². The second-order valence-electron chi connectivity index (χ2n) is 8.81. The van der Waals surface area contributed by atoms with Gasteiger partial charge in [0.25, 0.3) is 11.7 Å². The third-order valence-corrected chi connectivity index (χ3v) is 6.06. The SMILES string of the molecule is CCOc1cc(/C(O)=C2/C(=O)C(=O)N(CCOC(C)C)C2c2ccc(C(C)C)cc2)ccc1Cl. The van der Waals surface area contributed by atoms with Crippen LogP contribution in [0.1, 0.15) is 63.3 Å². The monoisotopic (exact) mass is 485 g/mol. The van der Waals surface area contributed by atoms with Crippen LogP contribution in [-0.2, 0) is 14.3 Å². The fourth-order valence-corrected chi connectivity index (χ4v) is 4.15. The van der Waals surface area contributed by atoms with Gasteiger partial charge < -0.3 is 19.5 Å². The number of likely N-dealkylation sites (tertiary alicyclic amines) is 1. The summed E-state index contributed by atoms with van der Waals surface area (Å²) < 4.78 is 11.2. The molecule has 1 aliphatic rings. The van der Waals surface area contributed by atoms with Crippen molar-refractivity contribution in [3.8, 4) is 5.75 Å². The van der Waals surface area contributed by atoms with Crippen molar-refractivity contribution >= 4 is 29.1 Å². The first-order valence-electron chi connectivity index (χ1n) is 11.6. The summed E-state index contributed by atoms with van der Waals surface area (Å²) >= 11 is 6.20. The minimum absolute atomic E-state index is 0.00773. The molecule has 2 aromatic rings. The zero-order chi connectivity index (χ0) is 25.0. The zero-order valence-electron chi connectivity index (χ0n) is 20.3. The molecule has 3 rings (SSSR count). The molecule has 1 atom stereocenters. The first-order valence-corrected chi connectivity index (χ1v) is 12.0. The quantitative estimate of drug-likeness (QED) is 0.280. The number of benzene rings is 2. The number of ether oxygens (including phenoxy) is 2. The average Bonchev–Trinajstić information content (AvgIpc) is 3.05. The van der Waals surface area contributed by atoms with Crippen LogP contribution in [0.5, 0.6) is 5.75 Å². The number of hydrogen-bond donors (Lipinski definition) is 1. The molecule has 0 saturated carbocycles. The highest BCUT2D eigenvalue weighted by molar-refractivity contribution is 6.46. The number of aliphatic hydroxyl groups excluding tert-OH is 1. The van der Waals surface area contributed by atoms with E-state index in [1.807, 2.05) is 45.0 Å². The fourth-order valence-electron chi connectivity index (χ4n) is 3.98. The third-order valence-electron chi connectivity index (χ3n) is 5.75. The van der Waals surface area contributed by atoms with Gasteiger partial charge in [0.05, 0.1) is 36.0 Å². The summed E-state index contributed by atoms with van der Waals surface area (Å²) in [6.07, 6.45) is -0.00773. The van der Waals surface area contributed by atoms with Crippen LogP contribution in [0, 0.1) is 0 Å². The Morgan fingerprint density at radius 3 is 2.35 bits per heavy atom. The highest BCUT2D eigenvalue weighted by Crippen LogP contribution is 2.40. The van der Waals surface area contributed by atoms with E-state index in [2.05, 4.69) is 13.8 Å². The summed E-state index contributed by atoms with van der Waals surface area (Å²) in [4.78, 5) is 27.7. The van der Waals surface area contributed by atoms with Crippen molar-refractivity contribution in [2.24, 2.45) is 0 Å². The maximum atomic E-state index is 13.2. The van der Waals surface area contributed by atoms with Crippen LogP contribution in [0.15, 0.2) is 48.0 Å². The molecular weight excluding hydrogens is 454 g/mol. The van der Waals surface area contributed by atoms with Gasteiger partial charge in [0.15, 0.2) is 0 Å². The van der Waals surface area contributed by atoms with Crippen LogP contribution < -0.4 is 4.74 Å². The first-order chi connectivity index (χ1) is 16.1. The third kappa shape index (κ3) is 5.45. The maximum absolute atomic E-state index is 13.2. The number of Topliss-reactive ketones (excluding diaryl/α,β-unsaturated/α-hetero) is 1. The van der Waals surface area contributed by atoms with Crippen molar-refractivity contribution in [3.63, 3.8) is 0 Å². The van der Waals surface area contributed by atoms with E-state index in [4.69, 9.17) is 21.1 Å². The fraction of sp³-hybridized carbons (Fsp3) is 0.407. The Kier molecular flexibility index (Phi) is 8.39. The lowest BCUT2D eigenvalue weighted by Gasteiger charge is -2.26. The maximum Gasteiger partial charge on any atom is 0.295 e. The number of nitrogens with zero attached hydrogens (tertiary/aromatic N) is 1. The molecule has 1 heterocycles. The second-order valence-corrected chi connectivity index (χ2v) is 9.22. The van der Waals surface area contributed by atoms with E-state index < -0.39 is 17.7 Å². The zero-order valence-corrected chi connectivity index (χ0v) is 21.1. The summed E-state index contributed by atoms with van der Waals surface area (Å²) in [5, 5.41) is 11.6. The molecule has 1 saturated heterocycles. The minimum Gasteiger partial charge on any atom is -0.507 e. The summed E-state index contributed by atoms with van der Waals surface area (Å²) in [5.41, 5.74) is 2.28. The highest BCUT2D eigenvalue weighted by atomic mass is 35.5. The van der Waals surface area contributed by atoms with Crippen LogP contribution in [0.25, 0.3) is 5.76 Å². The Balaban J connectivity index is 2.11. The molecule has 1 amide bonds. The Morgan fingerprint density at radius 1 is 1.09 bits per heavy atom. The predicted molar refractivity (Wildman–Crippen MR) is 133 cm³/mol. The summed E-state index contributed by atoms with van der Waals surface area (Å²) in [5.74, 6) is -0.920. The molecular formula is C27H32ClNO5. The van der Waals surface area contributed by atoms with E-state index in [9.17, 15) is 14.7 Å². The van der Waals surface area contributed by atoms with E-state index in [0.29, 0.717) is 28.9 Å². The molecule has 6 nitrogen and oxygen atoms in total. The Hall–Kier alpha value is -2.83. The number of ketones is 1. The van der Waals surface area contributed by atoms with Crippen LogP contribution >= 0.6 is 11.6 Å². The molecule has 7 heteroatoms. The number of amides is 1. The van der Waals surface area contributed by atoms with Gasteiger partial charge in [0.2, 0.25) is 0 Å². The van der Waals surface area contributed by atoms with Gasteiger partial charge in [-0.25, -0.2) is 0 Å². The summed E-state index contributed by atoms with van der Waals surface area (Å²) in [6, 6.07) is 11.8. The number of carbonyl (C=O) groups excluding carboxylic acids is 2. The van der Waals surface area contributed by atoms with Crippen LogP contribution in [-0.4, -0.2) is 47.6 Å². The molecule has 0 aromatic heterocycles. The van der Waals surface area contributed by atoms with Gasteiger partial charge in [-0.2, -0.15) is 0 Å². The van der Waals surface area contributed by atoms with Crippen molar-refractivity contribution in [1.82, 2.24) is 4.90 Å². The molecule has 1 unspecified atom stereocenters. The number of hydrogen-bond acceptors (Lipinski definition) is 5. The van der Waals surface area contributed by atoms with Gasteiger partial charge in [-0.3, -0.25) is 9.59 Å². The molecule has 182 valence electrons. The van der Waals surface area contributed by atoms with Crippen LogP contribution in [0.4, 0.5) is 0 Å². The lowest BCUT2D eigenvalue weighted by molar-refractivity contribution is -0.140. The van der Waals surface area contributed by atoms with Crippen molar-refractivity contribution in [1.29, 1.82) is 0 Å². The Morgan fingerprint density at radius 2 is 1.76 bits per heavy atom. The van der Waals surface area contributed by atoms with Crippen molar-refractivity contribution in [3.05, 3.63) is 69.8 Å². The molecule has 34 heavy (non-hydrogen) atoms. The normalized spacial score (nSPS) is 17.8. The topological polar surface area (TPSA) is 76.1 Å². The van der Waals surface area contributed by atoms with Gasteiger partial charge in [-0.1, -0.05) is 49.7 Å². The molecule has 0 radical (unpaired) electrons. The van der Waals surface area contributed by atoms with E-state index in [0.717, 1.165) is 11.1 Å². The van der Waals surface area contributed by atoms with Crippen LogP contribution in [0.2, 0.25) is 5.02 Å². The first kappa shape index (κ1) is 25.8.